The van der Waals surface area contributed by atoms with Crippen LogP contribution in [-0.4, -0.2) is 64.1 Å². The van der Waals surface area contributed by atoms with Crippen molar-refractivity contribution in [2.24, 2.45) is 0 Å². The quantitative estimate of drug-likeness (QED) is 0.764. The fourth-order valence-corrected chi connectivity index (χ4v) is 2.29. The summed E-state index contributed by atoms with van der Waals surface area (Å²) in [5.74, 6) is -0.378. The maximum absolute atomic E-state index is 11.5. The van der Waals surface area contributed by atoms with E-state index in [0.29, 0.717) is 38.3 Å². The number of amides is 1. The lowest BCUT2D eigenvalue weighted by atomic mass is 10.1. The summed E-state index contributed by atoms with van der Waals surface area (Å²) in [5.41, 5.74) is 0.431. The van der Waals surface area contributed by atoms with Crippen molar-refractivity contribution in [3.63, 3.8) is 0 Å². The van der Waals surface area contributed by atoms with Crippen LogP contribution >= 0.6 is 0 Å². The first-order valence-corrected chi connectivity index (χ1v) is 7.01. The average Bonchev–Trinajstić information content (AvgIpc) is 2.95. The number of esters is 1. The largest absolute Gasteiger partial charge is 0.465 e. The fourth-order valence-electron chi connectivity index (χ4n) is 2.29. The van der Waals surface area contributed by atoms with Crippen LogP contribution in [0.1, 0.15) is 23.7 Å². The van der Waals surface area contributed by atoms with Gasteiger partial charge in [0.25, 0.3) is 0 Å². The van der Waals surface area contributed by atoms with Gasteiger partial charge in [0.1, 0.15) is 0 Å². The first kappa shape index (κ1) is 15.3. The van der Waals surface area contributed by atoms with E-state index in [1.54, 1.807) is 17.8 Å². The molecular formula is C13H20N4O4. The number of carboxylic acid groups (broad SMARTS) is 1. The number of nitrogens with one attached hydrogen (secondary N) is 1. The average molecular weight is 296 g/mol. The van der Waals surface area contributed by atoms with E-state index in [0.717, 1.165) is 6.42 Å². The standard InChI is InChI=1S/C13H20N4O4/c1-2-21-12(18)10-7-15-17(8-10)5-3-11-9-16(13(19)20)6-4-14-11/h7-8,11,14H,2-6,9H2,1H3,(H,19,20)/t11-/m1/s1. The minimum absolute atomic E-state index is 0.102. The maximum atomic E-state index is 11.5. The fraction of sp³-hybridized carbons (Fsp3) is 0.615. The summed E-state index contributed by atoms with van der Waals surface area (Å²) < 4.78 is 6.57. The van der Waals surface area contributed by atoms with Gasteiger partial charge in [0.2, 0.25) is 0 Å². The van der Waals surface area contributed by atoms with Gasteiger partial charge in [-0.1, -0.05) is 0 Å². The van der Waals surface area contributed by atoms with Crippen LogP contribution in [0.25, 0.3) is 0 Å². The van der Waals surface area contributed by atoms with Gasteiger partial charge < -0.3 is 20.1 Å². The molecule has 2 N–H and O–H groups in total. The van der Waals surface area contributed by atoms with Crippen molar-refractivity contribution in [2.45, 2.75) is 25.9 Å². The Morgan fingerprint density at radius 2 is 2.38 bits per heavy atom. The van der Waals surface area contributed by atoms with Crippen LogP contribution < -0.4 is 5.32 Å². The highest BCUT2D eigenvalue weighted by molar-refractivity contribution is 5.88. The Kier molecular flexibility index (Phi) is 5.15. The zero-order chi connectivity index (χ0) is 15.2. The Balaban J connectivity index is 1.83. The Bertz CT molecular complexity index is 502. The highest BCUT2D eigenvalue weighted by Crippen LogP contribution is 2.06. The number of carbonyl (C=O) groups is 2. The number of piperazine rings is 1. The van der Waals surface area contributed by atoms with Gasteiger partial charge in [0.05, 0.1) is 18.4 Å². The van der Waals surface area contributed by atoms with Crippen molar-refractivity contribution in [1.82, 2.24) is 20.0 Å². The molecule has 1 aromatic heterocycles. The molecule has 1 aliphatic heterocycles. The topological polar surface area (TPSA) is 96.7 Å². The second kappa shape index (κ2) is 7.07. The zero-order valence-corrected chi connectivity index (χ0v) is 12.0. The lowest BCUT2D eigenvalue weighted by Crippen LogP contribution is -2.52. The molecule has 1 fully saturated rings. The number of ether oxygens (including phenoxy) is 1. The molecule has 1 aromatic rings. The first-order valence-electron chi connectivity index (χ1n) is 7.01. The summed E-state index contributed by atoms with van der Waals surface area (Å²) in [7, 11) is 0. The van der Waals surface area contributed by atoms with Crippen molar-refractivity contribution in [1.29, 1.82) is 0 Å². The molecule has 1 amide bonds. The lowest BCUT2D eigenvalue weighted by Gasteiger charge is -2.31. The monoisotopic (exact) mass is 296 g/mol. The normalized spacial score (nSPS) is 18.5. The minimum atomic E-state index is -0.884. The zero-order valence-electron chi connectivity index (χ0n) is 12.0. The molecule has 2 rings (SSSR count). The second-order valence-corrected chi connectivity index (χ2v) is 4.88. The molecule has 0 radical (unpaired) electrons. The predicted molar refractivity (Wildman–Crippen MR) is 74.2 cm³/mol. The van der Waals surface area contributed by atoms with E-state index in [4.69, 9.17) is 9.84 Å². The summed E-state index contributed by atoms with van der Waals surface area (Å²) >= 11 is 0. The van der Waals surface area contributed by atoms with Crippen molar-refractivity contribution in [3.8, 4) is 0 Å². The molecule has 2 heterocycles. The lowest BCUT2D eigenvalue weighted by molar-refractivity contribution is 0.0526. The number of carbonyl (C=O) groups excluding carboxylic acids is 1. The molecule has 8 heteroatoms. The van der Waals surface area contributed by atoms with Crippen molar-refractivity contribution in [3.05, 3.63) is 18.0 Å². The summed E-state index contributed by atoms with van der Waals surface area (Å²) in [5, 5.41) is 16.4. The number of aromatic nitrogens is 2. The Morgan fingerprint density at radius 1 is 1.57 bits per heavy atom. The summed E-state index contributed by atoms with van der Waals surface area (Å²) in [6.07, 6.45) is 2.99. The second-order valence-electron chi connectivity index (χ2n) is 4.88. The van der Waals surface area contributed by atoms with Gasteiger partial charge in [-0.25, -0.2) is 9.59 Å². The Labute approximate surface area is 122 Å². The van der Waals surface area contributed by atoms with Crippen LogP contribution in [0.2, 0.25) is 0 Å². The molecule has 0 aromatic carbocycles. The van der Waals surface area contributed by atoms with Gasteiger partial charge in [0.15, 0.2) is 0 Å². The van der Waals surface area contributed by atoms with Crippen molar-refractivity contribution >= 4 is 12.1 Å². The third-order valence-electron chi connectivity index (χ3n) is 3.38. The predicted octanol–water partition coefficient (Wildman–Crippen LogP) is 0.402. The molecule has 0 aliphatic carbocycles. The van der Waals surface area contributed by atoms with Crippen LogP contribution in [0.4, 0.5) is 4.79 Å². The van der Waals surface area contributed by atoms with Gasteiger partial charge in [-0.15, -0.1) is 0 Å². The molecule has 1 aliphatic rings. The molecule has 1 atom stereocenters. The third kappa shape index (κ3) is 4.19. The van der Waals surface area contributed by atoms with E-state index < -0.39 is 6.09 Å². The molecule has 0 saturated carbocycles. The number of hydrogen-bond donors (Lipinski definition) is 2. The van der Waals surface area contributed by atoms with Gasteiger partial charge in [0, 0.05) is 38.4 Å². The molecule has 116 valence electrons. The molecule has 1 saturated heterocycles. The highest BCUT2D eigenvalue weighted by atomic mass is 16.5. The van der Waals surface area contributed by atoms with E-state index in [1.807, 2.05) is 0 Å². The Morgan fingerprint density at radius 3 is 3.10 bits per heavy atom. The molecule has 8 nitrogen and oxygen atoms in total. The van der Waals surface area contributed by atoms with Crippen LogP contribution in [0.3, 0.4) is 0 Å². The summed E-state index contributed by atoms with van der Waals surface area (Å²) in [4.78, 5) is 23.9. The highest BCUT2D eigenvalue weighted by Gasteiger charge is 2.22. The molecule has 0 bridgehead atoms. The van der Waals surface area contributed by atoms with Crippen LogP contribution in [-0.2, 0) is 11.3 Å². The first-order chi connectivity index (χ1) is 10.1. The van der Waals surface area contributed by atoms with E-state index in [1.165, 1.54) is 11.1 Å². The van der Waals surface area contributed by atoms with Crippen molar-refractivity contribution < 1.29 is 19.4 Å². The van der Waals surface area contributed by atoms with Gasteiger partial charge >= 0.3 is 12.1 Å². The van der Waals surface area contributed by atoms with E-state index >= 15 is 0 Å². The van der Waals surface area contributed by atoms with Crippen molar-refractivity contribution in [2.75, 3.05) is 26.2 Å². The van der Waals surface area contributed by atoms with Gasteiger partial charge in [-0.05, 0) is 13.3 Å². The molecular weight excluding hydrogens is 276 g/mol. The summed E-state index contributed by atoms with van der Waals surface area (Å²) in [6.45, 7) is 4.35. The third-order valence-corrected chi connectivity index (χ3v) is 3.38. The van der Waals surface area contributed by atoms with E-state index in [9.17, 15) is 9.59 Å². The molecule has 0 spiro atoms. The number of nitrogens with zero attached hydrogens (tertiary/aromatic N) is 3. The smallest absolute Gasteiger partial charge is 0.407 e. The minimum Gasteiger partial charge on any atom is -0.465 e. The SMILES string of the molecule is CCOC(=O)c1cnn(CC[C@@H]2CN(C(=O)O)CCN2)c1. The Hall–Kier alpha value is -2.09. The summed E-state index contributed by atoms with van der Waals surface area (Å²) in [6, 6.07) is 0.102. The van der Waals surface area contributed by atoms with E-state index in [-0.39, 0.29) is 12.0 Å². The van der Waals surface area contributed by atoms with Crippen LogP contribution in [0.15, 0.2) is 12.4 Å². The number of aryl methyl sites for hydroxylation is 1. The number of hydrogen-bond acceptors (Lipinski definition) is 5. The maximum Gasteiger partial charge on any atom is 0.407 e. The number of rotatable bonds is 5. The van der Waals surface area contributed by atoms with Gasteiger partial charge in [-0.3, -0.25) is 4.68 Å². The molecule has 0 unspecified atom stereocenters. The van der Waals surface area contributed by atoms with Crippen LogP contribution in [0.5, 0.6) is 0 Å². The van der Waals surface area contributed by atoms with E-state index in [2.05, 4.69) is 10.4 Å². The molecule has 21 heavy (non-hydrogen) atoms. The van der Waals surface area contributed by atoms with Crippen LogP contribution in [0, 0.1) is 0 Å². The van der Waals surface area contributed by atoms with Gasteiger partial charge in [-0.2, -0.15) is 5.10 Å².